The molecular formula is C16H24N2O. The smallest absolute Gasteiger partial charge is 0.122 e. The van der Waals surface area contributed by atoms with Crippen LogP contribution in [-0.4, -0.2) is 44.2 Å². The molecule has 1 N–H and O–H groups in total. The molecule has 0 amide bonds. The van der Waals surface area contributed by atoms with Gasteiger partial charge in [0.25, 0.3) is 0 Å². The first-order chi connectivity index (χ1) is 9.33. The Kier molecular flexibility index (Phi) is 4.04. The van der Waals surface area contributed by atoms with Crippen LogP contribution in [0.5, 0.6) is 5.75 Å². The van der Waals surface area contributed by atoms with Gasteiger partial charge >= 0.3 is 0 Å². The SMILES string of the molecule is CN1CCCC1CNCCc1ccc2c(c1)CCO2. The van der Waals surface area contributed by atoms with Gasteiger partial charge in [0.05, 0.1) is 6.61 Å². The van der Waals surface area contributed by atoms with Crippen LogP contribution in [0.1, 0.15) is 24.0 Å². The standard InChI is InChI=1S/C16H24N2O/c1-18-9-2-3-15(18)12-17-8-6-13-4-5-16-14(11-13)7-10-19-16/h4-5,11,15,17H,2-3,6-10,12H2,1H3. The fourth-order valence-electron chi connectivity index (χ4n) is 3.13. The Morgan fingerprint density at radius 3 is 3.21 bits per heavy atom. The van der Waals surface area contributed by atoms with Gasteiger partial charge in [-0.15, -0.1) is 0 Å². The second-order valence-corrected chi connectivity index (χ2v) is 5.77. The van der Waals surface area contributed by atoms with Crippen LogP contribution in [-0.2, 0) is 12.8 Å². The van der Waals surface area contributed by atoms with Gasteiger partial charge < -0.3 is 15.0 Å². The average Bonchev–Trinajstić information content (AvgIpc) is 3.03. The summed E-state index contributed by atoms with van der Waals surface area (Å²) in [7, 11) is 2.24. The number of ether oxygens (including phenoxy) is 1. The largest absolute Gasteiger partial charge is 0.493 e. The van der Waals surface area contributed by atoms with Crippen molar-refractivity contribution in [1.82, 2.24) is 10.2 Å². The highest BCUT2D eigenvalue weighted by Gasteiger charge is 2.19. The second-order valence-electron chi connectivity index (χ2n) is 5.77. The molecule has 3 rings (SSSR count). The molecule has 3 nitrogen and oxygen atoms in total. The maximum atomic E-state index is 5.54. The molecule has 1 aromatic carbocycles. The predicted octanol–water partition coefficient (Wildman–Crippen LogP) is 1.85. The number of benzene rings is 1. The van der Waals surface area contributed by atoms with Gasteiger partial charge in [-0.3, -0.25) is 0 Å². The van der Waals surface area contributed by atoms with E-state index >= 15 is 0 Å². The van der Waals surface area contributed by atoms with Crippen molar-refractivity contribution >= 4 is 0 Å². The molecule has 1 aromatic rings. The fraction of sp³-hybridized carbons (Fsp3) is 0.625. The van der Waals surface area contributed by atoms with Crippen LogP contribution in [0.3, 0.4) is 0 Å². The van der Waals surface area contributed by atoms with E-state index in [1.54, 1.807) is 0 Å². The highest BCUT2D eigenvalue weighted by atomic mass is 16.5. The minimum atomic E-state index is 0.744. The molecule has 0 bridgehead atoms. The van der Waals surface area contributed by atoms with Gasteiger partial charge in [-0.05, 0) is 56.6 Å². The third-order valence-corrected chi connectivity index (χ3v) is 4.40. The minimum Gasteiger partial charge on any atom is -0.493 e. The van der Waals surface area contributed by atoms with Crippen molar-refractivity contribution in [2.24, 2.45) is 0 Å². The Morgan fingerprint density at radius 1 is 1.42 bits per heavy atom. The molecule has 0 aromatic heterocycles. The van der Waals surface area contributed by atoms with E-state index in [0.717, 1.165) is 44.3 Å². The van der Waals surface area contributed by atoms with Crippen molar-refractivity contribution in [2.45, 2.75) is 31.7 Å². The Morgan fingerprint density at radius 2 is 2.37 bits per heavy atom. The van der Waals surface area contributed by atoms with E-state index < -0.39 is 0 Å². The van der Waals surface area contributed by atoms with Crippen LogP contribution < -0.4 is 10.1 Å². The third kappa shape index (κ3) is 3.10. The number of likely N-dealkylation sites (tertiary alicyclic amines) is 1. The highest BCUT2D eigenvalue weighted by Crippen LogP contribution is 2.25. The molecule has 1 unspecified atom stereocenters. The zero-order chi connectivity index (χ0) is 13.1. The second kappa shape index (κ2) is 5.93. The first-order valence-corrected chi connectivity index (χ1v) is 7.48. The van der Waals surface area contributed by atoms with Gasteiger partial charge in [0.2, 0.25) is 0 Å². The molecule has 1 atom stereocenters. The lowest BCUT2D eigenvalue weighted by Crippen LogP contribution is -2.36. The first kappa shape index (κ1) is 12.9. The van der Waals surface area contributed by atoms with E-state index in [1.165, 1.54) is 30.5 Å². The van der Waals surface area contributed by atoms with Gasteiger partial charge in [0.15, 0.2) is 0 Å². The van der Waals surface area contributed by atoms with Crippen LogP contribution in [0.4, 0.5) is 0 Å². The zero-order valence-electron chi connectivity index (χ0n) is 11.8. The highest BCUT2D eigenvalue weighted by molar-refractivity contribution is 5.39. The van der Waals surface area contributed by atoms with Crippen molar-refractivity contribution < 1.29 is 4.74 Å². The minimum absolute atomic E-state index is 0.744. The Hall–Kier alpha value is -1.06. The van der Waals surface area contributed by atoms with Crippen molar-refractivity contribution in [2.75, 3.05) is 33.3 Å². The fourth-order valence-corrected chi connectivity index (χ4v) is 3.13. The number of nitrogens with zero attached hydrogens (tertiary/aromatic N) is 1. The summed E-state index contributed by atoms with van der Waals surface area (Å²) in [5, 5.41) is 3.60. The quantitative estimate of drug-likeness (QED) is 0.818. The maximum Gasteiger partial charge on any atom is 0.122 e. The Balaban J connectivity index is 1.42. The molecule has 2 aliphatic rings. The van der Waals surface area contributed by atoms with Gasteiger partial charge in [-0.25, -0.2) is 0 Å². The lowest BCUT2D eigenvalue weighted by Gasteiger charge is -2.19. The van der Waals surface area contributed by atoms with Crippen molar-refractivity contribution in [1.29, 1.82) is 0 Å². The summed E-state index contributed by atoms with van der Waals surface area (Å²) >= 11 is 0. The normalized spacial score (nSPS) is 22.5. The van der Waals surface area contributed by atoms with E-state index in [9.17, 15) is 0 Å². The van der Waals surface area contributed by atoms with Crippen LogP contribution >= 0.6 is 0 Å². The molecule has 104 valence electrons. The summed E-state index contributed by atoms with van der Waals surface area (Å²) in [6, 6.07) is 7.38. The van der Waals surface area contributed by atoms with Gasteiger partial charge in [0.1, 0.15) is 5.75 Å². The monoisotopic (exact) mass is 260 g/mol. The number of rotatable bonds is 5. The molecule has 0 aliphatic carbocycles. The topological polar surface area (TPSA) is 24.5 Å². The van der Waals surface area contributed by atoms with Crippen LogP contribution in [0.2, 0.25) is 0 Å². The summed E-state index contributed by atoms with van der Waals surface area (Å²) < 4.78 is 5.54. The molecule has 1 saturated heterocycles. The summed E-state index contributed by atoms with van der Waals surface area (Å²) in [6.07, 6.45) is 4.89. The van der Waals surface area contributed by atoms with Crippen LogP contribution in [0.25, 0.3) is 0 Å². The molecular weight excluding hydrogens is 236 g/mol. The number of likely N-dealkylation sites (N-methyl/N-ethyl adjacent to an activating group) is 1. The van der Waals surface area contributed by atoms with Crippen molar-refractivity contribution in [3.63, 3.8) is 0 Å². The van der Waals surface area contributed by atoms with Gasteiger partial charge in [-0.2, -0.15) is 0 Å². The lowest BCUT2D eigenvalue weighted by atomic mass is 10.1. The van der Waals surface area contributed by atoms with E-state index in [-0.39, 0.29) is 0 Å². The molecule has 0 spiro atoms. The predicted molar refractivity (Wildman–Crippen MR) is 77.9 cm³/mol. The van der Waals surface area contributed by atoms with Crippen molar-refractivity contribution in [3.05, 3.63) is 29.3 Å². The molecule has 1 fully saturated rings. The van der Waals surface area contributed by atoms with Gasteiger partial charge in [-0.1, -0.05) is 12.1 Å². The van der Waals surface area contributed by atoms with E-state index in [2.05, 4.69) is 35.5 Å². The number of hydrogen-bond acceptors (Lipinski definition) is 3. The van der Waals surface area contributed by atoms with Crippen LogP contribution in [0, 0.1) is 0 Å². The van der Waals surface area contributed by atoms with Gasteiger partial charge in [0, 0.05) is 19.0 Å². The molecule has 2 aliphatic heterocycles. The molecule has 3 heteroatoms. The molecule has 2 heterocycles. The first-order valence-electron chi connectivity index (χ1n) is 7.48. The molecule has 19 heavy (non-hydrogen) atoms. The number of fused-ring (bicyclic) bond motifs is 1. The van der Waals surface area contributed by atoms with Crippen molar-refractivity contribution in [3.8, 4) is 5.75 Å². The summed E-state index contributed by atoms with van der Waals surface area (Å²) in [5.41, 5.74) is 2.81. The molecule has 0 saturated carbocycles. The van der Waals surface area contributed by atoms with Crippen LogP contribution in [0.15, 0.2) is 18.2 Å². The summed E-state index contributed by atoms with van der Waals surface area (Å²) in [6.45, 7) is 4.32. The zero-order valence-corrected chi connectivity index (χ0v) is 11.8. The summed E-state index contributed by atoms with van der Waals surface area (Å²) in [5.74, 6) is 1.09. The third-order valence-electron chi connectivity index (χ3n) is 4.40. The number of hydrogen-bond donors (Lipinski definition) is 1. The van der Waals surface area contributed by atoms with E-state index in [0.29, 0.717) is 0 Å². The Labute approximate surface area is 115 Å². The maximum absolute atomic E-state index is 5.54. The van der Waals surface area contributed by atoms with E-state index in [4.69, 9.17) is 4.74 Å². The number of nitrogens with one attached hydrogen (secondary N) is 1. The van der Waals surface area contributed by atoms with E-state index in [1.807, 2.05) is 0 Å². The Bertz CT molecular complexity index is 433. The summed E-state index contributed by atoms with van der Waals surface area (Å²) in [4.78, 5) is 2.47. The lowest BCUT2D eigenvalue weighted by molar-refractivity contribution is 0.301. The molecule has 0 radical (unpaired) electrons. The average molecular weight is 260 g/mol.